The molecule has 1 N–H and O–H groups in total. The molecule has 1 saturated heterocycles. The number of thioether (sulfide) groups is 1. The van der Waals surface area contributed by atoms with E-state index in [1.165, 1.54) is 16.7 Å². The molecule has 1 fully saturated rings. The summed E-state index contributed by atoms with van der Waals surface area (Å²) in [7, 11) is 0. The smallest absolute Gasteiger partial charge is 0.303 e. The molecule has 0 saturated carbocycles. The summed E-state index contributed by atoms with van der Waals surface area (Å²) in [6, 6.07) is 13.4. The van der Waals surface area contributed by atoms with E-state index in [-0.39, 0.29) is 12.3 Å². The van der Waals surface area contributed by atoms with E-state index < -0.39 is 5.97 Å². The zero-order valence-electron chi connectivity index (χ0n) is 13.2. The van der Waals surface area contributed by atoms with Crippen molar-refractivity contribution in [2.45, 2.75) is 12.8 Å². The molecule has 25 heavy (non-hydrogen) atoms. The molecule has 1 aromatic heterocycles. The number of hydrogen-bond acceptors (Lipinski definition) is 5. The Morgan fingerprint density at radius 2 is 2.00 bits per heavy atom. The van der Waals surface area contributed by atoms with Crippen molar-refractivity contribution in [3.8, 4) is 11.3 Å². The van der Waals surface area contributed by atoms with Gasteiger partial charge in [0.25, 0.3) is 5.91 Å². The molecule has 1 aliphatic heterocycles. The molecule has 5 nitrogen and oxygen atoms in total. The van der Waals surface area contributed by atoms with Crippen LogP contribution < -0.4 is 0 Å². The van der Waals surface area contributed by atoms with Gasteiger partial charge in [-0.3, -0.25) is 14.5 Å². The lowest BCUT2D eigenvalue weighted by atomic mass is 10.2. The van der Waals surface area contributed by atoms with E-state index in [9.17, 15) is 9.59 Å². The standard InChI is InChI=1S/C18H15NO4S2/c20-16(21)7-4-10-19-17(22)15(25-18(19)24)11-13-8-9-14(23-13)12-5-2-1-3-6-12/h1-3,5-6,8-9,11H,4,7,10H2,(H,20,21)/b15-11-. The van der Waals surface area contributed by atoms with Gasteiger partial charge in [0, 0.05) is 24.6 Å². The molecule has 2 aromatic rings. The predicted molar refractivity (Wildman–Crippen MR) is 101 cm³/mol. The molecule has 0 radical (unpaired) electrons. The summed E-state index contributed by atoms with van der Waals surface area (Å²) < 4.78 is 6.22. The highest BCUT2D eigenvalue weighted by molar-refractivity contribution is 8.26. The van der Waals surface area contributed by atoms with Crippen LogP contribution >= 0.6 is 24.0 Å². The third-order valence-corrected chi connectivity index (χ3v) is 4.98. The van der Waals surface area contributed by atoms with Gasteiger partial charge in [-0.05, 0) is 18.6 Å². The lowest BCUT2D eigenvalue weighted by Crippen LogP contribution is -2.29. The van der Waals surface area contributed by atoms with Gasteiger partial charge in [0.05, 0.1) is 4.91 Å². The van der Waals surface area contributed by atoms with E-state index in [2.05, 4.69) is 0 Å². The summed E-state index contributed by atoms with van der Waals surface area (Å²) in [5.41, 5.74) is 0.961. The monoisotopic (exact) mass is 373 g/mol. The van der Waals surface area contributed by atoms with E-state index in [0.29, 0.717) is 28.0 Å². The number of thiocarbonyl (C=S) groups is 1. The molecule has 1 aliphatic rings. The lowest BCUT2D eigenvalue weighted by Gasteiger charge is -2.13. The fourth-order valence-electron chi connectivity index (χ4n) is 2.40. The van der Waals surface area contributed by atoms with Crippen LogP contribution in [0.3, 0.4) is 0 Å². The first-order valence-electron chi connectivity index (χ1n) is 7.67. The maximum absolute atomic E-state index is 12.4. The van der Waals surface area contributed by atoms with E-state index in [0.717, 1.165) is 11.3 Å². The number of hydrogen-bond donors (Lipinski definition) is 1. The zero-order valence-corrected chi connectivity index (χ0v) is 14.8. The van der Waals surface area contributed by atoms with E-state index in [4.69, 9.17) is 21.7 Å². The summed E-state index contributed by atoms with van der Waals surface area (Å²) in [4.78, 5) is 24.9. The summed E-state index contributed by atoms with van der Waals surface area (Å²) in [6.07, 6.45) is 2.05. The first-order chi connectivity index (χ1) is 12.0. The highest BCUT2D eigenvalue weighted by Gasteiger charge is 2.31. The number of carboxylic acid groups (broad SMARTS) is 1. The quantitative estimate of drug-likeness (QED) is 0.609. The molecule has 2 heterocycles. The Kier molecular flexibility index (Phi) is 5.35. The number of aliphatic carboxylic acids is 1. The van der Waals surface area contributed by atoms with Crippen molar-refractivity contribution in [1.29, 1.82) is 0 Å². The third-order valence-electron chi connectivity index (χ3n) is 3.60. The second-order valence-corrected chi connectivity index (χ2v) is 7.07. The average Bonchev–Trinajstić information content (AvgIpc) is 3.16. The van der Waals surface area contributed by atoms with Crippen molar-refractivity contribution in [3.05, 3.63) is 53.1 Å². The van der Waals surface area contributed by atoms with Crippen LogP contribution in [0.15, 0.2) is 51.8 Å². The van der Waals surface area contributed by atoms with Crippen LogP contribution in [-0.2, 0) is 9.59 Å². The second kappa shape index (κ2) is 7.67. The van der Waals surface area contributed by atoms with Gasteiger partial charge in [0.15, 0.2) is 0 Å². The summed E-state index contributed by atoms with van der Waals surface area (Å²) in [5.74, 6) is 0.205. The minimum Gasteiger partial charge on any atom is -0.481 e. The molecule has 0 atom stereocenters. The highest BCUT2D eigenvalue weighted by atomic mass is 32.2. The van der Waals surface area contributed by atoms with Crippen molar-refractivity contribution in [3.63, 3.8) is 0 Å². The summed E-state index contributed by atoms with van der Waals surface area (Å²) >= 11 is 6.42. The van der Waals surface area contributed by atoms with Gasteiger partial charge in [-0.1, -0.05) is 54.3 Å². The number of carbonyl (C=O) groups is 2. The number of furan rings is 1. The van der Waals surface area contributed by atoms with Crippen LogP contribution in [0.4, 0.5) is 0 Å². The lowest BCUT2D eigenvalue weighted by molar-refractivity contribution is -0.137. The van der Waals surface area contributed by atoms with Gasteiger partial charge >= 0.3 is 5.97 Å². The second-order valence-electron chi connectivity index (χ2n) is 5.40. The van der Waals surface area contributed by atoms with Gasteiger partial charge in [0.1, 0.15) is 15.8 Å². The van der Waals surface area contributed by atoms with Gasteiger partial charge in [-0.15, -0.1) is 0 Å². The van der Waals surface area contributed by atoms with Crippen LogP contribution in [0.2, 0.25) is 0 Å². The molecule has 3 rings (SSSR count). The number of carboxylic acids is 1. The molecule has 7 heteroatoms. The first kappa shape index (κ1) is 17.4. The van der Waals surface area contributed by atoms with Gasteiger partial charge in [-0.25, -0.2) is 0 Å². The molecule has 0 aliphatic carbocycles. The number of nitrogens with zero attached hydrogens (tertiary/aromatic N) is 1. The van der Waals surface area contributed by atoms with Gasteiger partial charge < -0.3 is 9.52 Å². The normalized spacial score (nSPS) is 16.0. The van der Waals surface area contributed by atoms with E-state index in [1.807, 2.05) is 36.4 Å². The molecular formula is C18H15NO4S2. The van der Waals surface area contributed by atoms with Crippen LogP contribution in [0.25, 0.3) is 17.4 Å². The fourth-order valence-corrected chi connectivity index (χ4v) is 3.69. The van der Waals surface area contributed by atoms with Crippen LogP contribution in [-0.4, -0.2) is 32.7 Å². The maximum atomic E-state index is 12.4. The summed E-state index contributed by atoms with van der Waals surface area (Å²) in [5, 5.41) is 8.70. The number of amides is 1. The molecule has 128 valence electrons. The molecule has 1 amide bonds. The van der Waals surface area contributed by atoms with E-state index in [1.54, 1.807) is 12.1 Å². The van der Waals surface area contributed by atoms with Crippen LogP contribution in [0.5, 0.6) is 0 Å². The Morgan fingerprint density at radius 1 is 1.24 bits per heavy atom. The molecule has 0 bridgehead atoms. The molecule has 1 aromatic carbocycles. The Balaban J connectivity index is 1.72. The average molecular weight is 373 g/mol. The zero-order chi connectivity index (χ0) is 17.8. The van der Waals surface area contributed by atoms with Crippen LogP contribution in [0.1, 0.15) is 18.6 Å². The summed E-state index contributed by atoms with van der Waals surface area (Å²) in [6.45, 7) is 0.307. The molecule has 0 unspecified atom stereocenters. The minimum atomic E-state index is -0.884. The Hall–Kier alpha value is -2.38. The van der Waals surface area contributed by atoms with Crippen LogP contribution in [0, 0.1) is 0 Å². The van der Waals surface area contributed by atoms with Crippen molar-refractivity contribution < 1.29 is 19.1 Å². The largest absolute Gasteiger partial charge is 0.481 e. The number of carbonyl (C=O) groups excluding carboxylic acids is 1. The third kappa shape index (κ3) is 4.18. The fraction of sp³-hybridized carbons (Fsp3) is 0.167. The van der Waals surface area contributed by atoms with Gasteiger partial charge in [0.2, 0.25) is 0 Å². The van der Waals surface area contributed by atoms with E-state index >= 15 is 0 Å². The van der Waals surface area contributed by atoms with Crippen molar-refractivity contribution >= 4 is 46.3 Å². The van der Waals surface area contributed by atoms with Crippen molar-refractivity contribution in [2.75, 3.05) is 6.54 Å². The molecular weight excluding hydrogens is 358 g/mol. The SMILES string of the molecule is O=C(O)CCCN1C(=O)/C(=C/c2ccc(-c3ccccc3)o2)SC1=S. The Morgan fingerprint density at radius 3 is 2.72 bits per heavy atom. The Labute approximate surface area is 154 Å². The minimum absolute atomic E-state index is 0.00866. The topological polar surface area (TPSA) is 70.8 Å². The Bertz CT molecular complexity index is 842. The maximum Gasteiger partial charge on any atom is 0.303 e. The first-order valence-corrected chi connectivity index (χ1v) is 8.89. The van der Waals surface area contributed by atoms with Gasteiger partial charge in [-0.2, -0.15) is 0 Å². The van der Waals surface area contributed by atoms with Crippen molar-refractivity contribution in [2.24, 2.45) is 0 Å². The predicted octanol–water partition coefficient (Wildman–Crippen LogP) is 4.01. The number of rotatable bonds is 6. The molecule has 0 spiro atoms. The van der Waals surface area contributed by atoms with Crippen molar-refractivity contribution in [1.82, 2.24) is 4.90 Å². The number of benzene rings is 1. The highest BCUT2D eigenvalue weighted by Crippen LogP contribution is 2.33.